The SMILES string of the molecule is O=c1[nH]c2ccc(Cl)cc2c(NCCCN2CCOCC2)c1-c1nc2ccc(N3CCOCC3)cc2[nH]1. The minimum absolute atomic E-state index is 0.196. The van der Waals surface area contributed by atoms with Crippen molar-refractivity contribution < 1.29 is 9.47 Å². The van der Waals surface area contributed by atoms with Gasteiger partial charge in [-0.05, 0) is 49.4 Å². The van der Waals surface area contributed by atoms with Gasteiger partial charge in [0.05, 0.1) is 48.7 Å². The van der Waals surface area contributed by atoms with Gasteiger partial charge in [-0.25, -0.2) is 4.98 Å². The lowest BCUT2D eigenvalue weighted by atomic mass is 10.1. The van der Waals surface area contributed by atoms with Gasteiger partial charge in [-0.3, -0.25) is 9.69 Å². The molecule has 2 saturated heterocycles. The van der Waals surface area contributed by atoms with E-state index < -0.39 is 0 Å². The highest BCUT2D eigenvalue weighted by Gasteiger charge is 2.20. The third-order valence-corrected chi connectivity index (χ3v) is 7.35. The number of halogens is 1. The highest BCUT2D eigenvalue weighted by molar-refractivity contribution is 6.31. The molecule has 9 nitrogen and oxygen atoms in total. The predicted octanol–water partition coefficient (Wildman–Crippen LogP) is 3.70. The Hall–Kier alpha value is -3.11. The maximum absolute atomic E-state index is 13.4. The summed E-state index contributed by atoms with van der Waals surface area (Å²) >= 11 is 6.37. The molecular weight excluding hydrogens is 492 g/mol. The topological polar surface area (TPSA) is 98.5 Å². The van der Waals surface area contributed by atoms with Crippen LogP contribution in [-0.2, 0) is 9.47 Å². The van der Waals surface area contributed by atoms with Gasteiger partial charge < -0.3 is 29.7 Å². The molecule has 37 heavy (non-hydrogen) atoms. The minimum atomic E-state index is -0.196. The van der Waals surface area contributed by atoms with Crippen molar-refractivity contribution in [2.45, 2.75) is 6.42 Å². The van der Waals surface area contributed by atoms with E-state index in [1.807, 2.05) is 18.2 Å². The zero-order chi connectivity index (χ0) is 25.2. The summed E-state index contributed by atoms with van der Waals surface area (Å²) in [5, 5.41) is 5.03. The summed E-state index contributed by atoms with van der Waals surface area (Å²) in [7, 11) is 0. The fourth-order valence-corrected chi connectivity index (χ4v) is 5.32. The zero-order valence-corrected chi connectivity index (χ0v) is 21.4. The van der Waals surface area contributed by atoms with E-state index >= 15 is 0 Å². The number of hydrogen-bond acceptors (Lipinski definition) is 7. The number of ether oxygens (including phenoxy) is 2. The van der Waals surface area contributed by atoms with Crippen molar-refractivity contribution in [2.75, 3.05) is 75.9 Å². The molecule has 0 aliphatic carbocycles. The van der Waals surface area contributed by atoms with Crippen LogP contribution in [-0.4, -0.2) is 85.5 Å². The Labute approximate surface area is 219 Å². The van der Waals surface area contributed by atoms with Crippen molar-refractivity contribution in [3.63, 3.8) is 0 Å². The van der Waals surface area contributed by atoms with Crippen molar-refractivity contribution in [3.8, 4) is 11.4 Å². The van der Waals surface area contributed by atoms with Crippen molar-refractivity contribution in [3.05, 3.63) is 51.8 Å². The highest BCUT2D eigenvalue weighted by Crippen LogP contribution is 2.33. The van der Waals surface area contributed by atoms with E-state index in [9.17, 15) is 4.79 Å². The molecule has 0 bridgehead atoms. The quantitative estimate of drug-likeness (QED) is 0.318. The van der Waals surface area contributed by atoms with Crippen LogP contribution in [0.5, 0.6) is 0 Å². The van der Waals surface area contributed by atoms with Crippen molar-refractivity contribution in [1.29, 1.82) is 0 Å². The number of aromatic nitrogens is 3. The van der Waals surface area contributed by atoms with Gasteiger partial charge in [-0.15, -0.1) is 0 Å². The smallest absolute Gasteiger partial charge is 0.261 e. The van der Waals surface area contributed by atoms with E-state index in [1.165, 1.54) is 0 Å². The summed E-state index contributed by atoms with van der Waals surface area (Å²) in [5.41, 5.74) is 4.60. The first-order valence-electron chi connectivity index (χ1n) is 12.9. The van der Waals surface area contributed by atoms with Crippen LogP contribution in [0.15, 0.2) is 41.2 Å². The normalized spacial score (nSPS) is 17.1. The molecule has 194 valence electrons. The van der Waals surface area contributed by atoms with E-state index in [2.05, 4.69) is 37.2 Å². The Morgan fingerprint density at radius 1 is 0.946 bits per heavy atom. The van der Waals surface area contributed by atoms with Crippen LogP contribution >= 0.6 is 11.6 Å². The Kier molecular flexibility index (Phi) is 7.01. The molecule has 4 aromatic rings. The number of anilines is 2. The number of nitrogens with zero attached hydrogens (tertiary/aromatic N) is 3. The van der Waals surface area contributed by atoms with Gasteiger partial charge in [0.2, 0.25) is 0 Å². The molecule has 6 rings (SSSR count). The molecular formula is C27H31ClN6O3. The zero-order valence-electron chi connectivity index (χ0n) is 20.7. The first-order chi connectivity index (χ1) is 18.2. The maximum atomic E-state index is 13.4. The second-order valence-corrected chi connectivity index (χ2v) is 9.95. The molecule has 0 amide bonds. The maximum Gasteiger partial charge on any atom is 0.261 e. The molecule has 0 radical (unpaired) electrons. The number of morpholine rings is 2. The lowest BCUT2D eigenvalue weighted by Crippen LogP contribution is -2.37. The molecule has 4 heterocycles. The van der Waals surface area contributed by atoms with Crippen molar-refractivity contribution >= 4 is 44.9 Å². The molecule has 0 atom stereocenters. The summed E-state index contributed by atoms with van der Waals surface area (Å²) in [5.74, 6) is 0.535. The first-order valence-corrected chi connectivity index (χ1v) is 13.3. The standard InChI is InChI=1S/C27H31ClN6O3/c28-18-2-4-21-20(16-18)25(29-6-1-7-33-8-12-36-13-9-33)24(27(35)32-21)26-30-22-5-3-19(17-23(22)31-26)34-10-14-37-15-11-34/h2-5,16-17H,1,6-15H2,(H,30,31)(H2,29,32,35). The van der Waals surface area contributed by atoms with Gasteiger partial charge in [0, 0.05) is 48.8 Å². The van der Waals surface area contributed by atoms with E-state index in [-0.39, 0.29) is 5.56 Å². The summed E-state index contributed by atoms with van der Waals surface area (Å²) in [4.78, 5) is 29.3. The van der Waals surface area contributed by atoms with Crippen LogP contribution in [0.25, 0.3) is 33.3 Å². The van der Waals surface area contributed by atoms with Gasteiger partial charge >= 0.3 is 0 Å². The van der Waals surface area contributed by atoms with Crippen LogP contribution in [0.3, 0.4) is 0 Å². The van der Waals surface area contributed by atoms with Crippen molar-refractivity contribution in [1.82, 2.24) is 19.9 Å². The predicted molar refractivity (Wildman–Crippen MR) is 148 cm³/mol. The van der Waals surface area contributed by atoms with Crippen LogP contribution in [0, 0.1) is 0 Å². The molecule has 2 aromatic carbocycles. The number of nitrogens with one attached hydrogen (secondary N) is 3. The second kappa shape index (κ2) is 10.7. The molecule has 3 N–H and O–H groups in total. The van der Waals surface area contributed by atoms with Gasteiger partial charge in [-0.1, -0.05) is 11.6 Å². The molecule has 2 aromatic heterocycles. The summed E-state index contributed by atoms with van der Waals surface area (Å²) in [6.07, 6.45) is 0.942. The van der Waals surface area contributed by atoms with Crippen LogP contribution in [0.1, 0.15) is 6.42 Å². The average Bonchev–Trinajstić information content (AvgIpc) is 3.35. The van der Waals surface area contributed by atoms with Gasteiger partial charge in [0.1, 0.15) is 11.4 Å². The van der Waals surface area contributed by atoms with E-state index in [4.69, 9.17) is 26.1 Å². The Bertz CT molecular complexity index is 1460. The third-order valence-electron chi connectivity index (χ3n) is 7.11. The Balaban J connectivity index is 1.34. The van der Waals surface area contributed by atoms with E-state index in [0.29, 0.717) is 16.4 Å². The molecule has 10 heteroatoms. The molecule has 2 fully saturated rings. The van der Waals surface area contributed by atoms with Crippen molar-refractivity contribution in [2.24, 2.45) is 0 Å². The second-order valence-electron chi connectivity index (χ2n) is 9.51. The number of benzene rings is 2. The number of aromatic amines is 2. The average molecular weight is 523 g/mol. The number of hydrogen-bond donors (Lipinski definition) is 3. The largest absolute Gasteiger partial charge is 0.384 e. The summed E-state index contributed by atoms with van der Waals surface area (Å²) in [6.45, 7) is 8.35. The highest BCUT2D eigenvalue weighted by atomic mass is 35.5. The van der Waals surface area contributed by atoms with Gasteiger partial charge in [-0.2, -0.15) is 0 Å². The molecule has 0 spiro atoms. The summed E-state index contributed by atoms with van der Waals surface area (Å²) < 4.78 is 10.9. The minimum Gasteiger partial charge on any atom is -0.384 e. The number of H-pyrrole nitrogens is 2. The molecule has 2 aliphatic heterocycles. The van der Waals surface area contributed by atoms with E-state index in [1.54, 1.807) is 6.07 Å². The number of pyridine rings is 1. The Morgan fingerprint density at radius 3 is 2.54 bits per heavy atom. The van der Waals surface area contributed by atoms with Gasteiger partial charge in [0.25, 0.3) is 5.56 Å². The van der Waals surface area contributed by atoms with Crippen LogP contribution < -0.4 is 15.8 Å². The van der Waals surface area contributed by atoms with E-state index in [0.717, 1.165) is 105 Å². The molecule has 0 unspecified atom stereocenters. The number of imidazole rings is 1. The number of rotatable bonds is 7. The first kappa shape index (κ1) is 24.2. The monoisotopic (exact) mass is 522 g/mol. The third kappa shape index (κ3) is 5.17. The van der Waals surface area contributed by atoms with Crippen LogP contribution in [0.4, 0.5) is 11.4 Å². The molecule has 0 saturated carbocycles. The van der Waals surface area contributed by atoms with Crippen LogP contribution in [0.2, 0.25) is 5.02 Å². The van der Waals surface area contributed by atoms with Gasteiger partial charge in [0.15, 0.2) is 0 Å². The fraction of sp³-hybridized carbons (Fsp3) is 0.407. The lowest BCUT2D eigenvalue weighted by Gasteiger charge is -2.28. The Morgan fingerprint density at radius 2 is 1.73 bits per heavy atom. The number of fused-ring (bicyclic) bond motifs is 2. The fourth-order valence-electron chi connectivity index (χ4n) is 5.15. The molecule has 2 aliphatic rings. The summed E-state index contributed by atoms with van der Waals surface area (Å²) in [6, 6.07) is 11.7. The lowest BCUT2D eigenvalue weighted by molar-refractivity contribution is 0.0378.